The van der Waals surface area contributed by atoms with Crippen molar-refractivity contribution in [2.75, 3.05) is 26.3 Å². The van der Waals surface area contributed by atoms with Gasteiger partial charge in [0.05, 0.1) is 12.2 Å². The van der Waals surface area contributed by atoms with Crippen molar-refractivity contribution in [3.05, 3.63) is 111 Å². The smallest absolute Gasteiger partial charge is 0.335 e. The van der Waals surface area contributed by atoms with Crippen LogP contribution in [0, 0.1) is 0 Å². The number of likely N-dealkylation sites (tertiary alicyclic amines) is 1. The van der Waals surface area contributed by atoms with Gasteiger partial charge >= 0.3 is 5.97 Å². The standard InChI is InChI=1S/C32H30F3NO2/c33-15-4-16-36-19-22(20-36)17-21-9-11-23(12-10-21)30-26-14-13-25(32(37)38)18-24(26)5-3-8-28(30)27-6-1-2-7-29(27)31(34)35/h1-2,6-7,9-14,17-18,31H,3-5,8,15-16,19-20H2,(H,37,38). The lowest BCUT2D eigenvalue weighted by Gasteiger charge is -2.33. The molecule has 0 saturated carbocycles. The summed E-state index contributed by atoms with van der Waals surface area (Å²) in [5.74, 6) is -0.984. The molecule has 3 aromatic rings. The first kappa shape index (κ1) is 26.0. The van der Waals surface area contributed by atoms with Gasteiger partial charge in [-0.3, -0.25) is 9.29 Å². The van der Waals surface area contributed by atoms with Crippen LogP contribution in [0.2, 0.25) is 0 Å². The second kappa shape index (κ2) is 11.4. The van der Waals surface area contributed by atoms with Gasteiger partial charge in [0.15, 0.2) is 0 Å². The van der Waals surface area contributed by atoms with E-state index in [1.165, 1.54) is 11.6 Å². The van der Waals surface area contributed by atoms with Gasteiger partial charge in [0.2, 0.25) is 0 Å². The van der Waals surface area contributed by atoms with Crippen molar-refractivity contribution in [3.63, 3.8) is 0 Å². The number of aryl methyl sites for hydroxylation is 1. The maximum Gasteiger partial charge on any atom is 0.335 e. The Kier molecular flexibility index (Phi) is 7.79. The summed E-state index contributed by atoms with van der Waals surface area (Å²) in [6.45, 7) is 2.17. The molecule has 1 aliphatic heterocycles. The number of alkyl halides is 3. The van der Waals surface area contributed by atoms with Crippen molar-refractivity contribution in [2.24, 2.45) is 0 Å². The Labute approximate surface area is 220 Å². The number of fused-ring (bicyclic) bond motifs is 1. The zero-order chi connectivity index (χ0) is 26.6. The zero-order valence-electron chi connectivity index (χ0n) is 21.1. The third kappa shape index (κ3) is 5.46. The van der Waals surface area contributed by atoms with E-state index in [4.69, 9.17) is 0 Å². The van der Waals surface area contributed by atoms with Crippen molar-refractivity contribution >= 4 is 23.2 Å². The molecule has 1 N–H and O–H groups in total. The first-order chi connectivity index (χ1) is 18.4. The number of carbonyl (C=O) groups is 1. The Hall–Kier alpha value is -3.64. The van der Waals surface area contributed by atoms with Crippen LogP contribution in [0.15, 0.2) is 72.3 Å². The highest BCUT2D eigenvalue weighted by atomic mass is 19.3. The largest absolute Gasteiger partial charge is 0.478 e. The zero-order valence-corrected chi connectivity index (χ0v) is 21.1. The molecule has 0 amide bonds. The molecule has 3 nitrogen and oxygen atoms in total. The van der Waals surface area contributed by atoms with Crippen LogP contribution in [-0.2, 0) is 6.42 Å². The summed E-state index contributed by atoms with van der Waals surface area (Å²) in [7, 11) is 0. The monoisotopic (exact) mass is 517 g/mol. The number of aromatic carboxylic acids is 1. The van der Waals surface area contributed by atoms with E-state index < -0.39 is 12.4 Å². The number of hydrogen-bond donors (Lipinski definition) is 1. The van der Waals surface area contributed by atoms with E-state index in [9.17, 15) is 23.1 Å². The molecule has 38 heavy (non-hydrogen) atoms. The van der Waals surface area contributed by atoms with Gasteiger partial charge < -0.3 is 5.11 Å². The average molecular weight is 518 g/mol. The maximum absolute atomic E-state index is 14.0. The van der Waals surface area contributed by atoms with E-state index in [1.54, 1.807) is 30.3 Å². The summed E-state index contributed by atoms with van der Waals surface area (Å²) in [5, 5.41) is 9.53. The topological polar surface area (TPSA) is 40.5 Å². The van der Waals surface area contributed by atoms with Crippen molar-refractivity contribution in [3.8, 4) is 0 Å². The Morgan fingerprint density at radius 1 is 0.974 bits per heavy atom. The lowest BCUT2D eigenvalue weighted by molar-refractivity contribution is 0.0696. The molecule has 0 aromatic heterocycles. The third-order valence-corrected chi connectivity index (χ3v) is 7.35. The lowest BCUT2D eigenvalue weighted by Crippen LogP contribution is -2.40. The molecule has 1 heterocycles. The fourth-order valence-corrected chi connectivity index (χ4v) is 5.52. The fourth-order valence-electron chi connectivity index (χ4n) is 5.52. The summed E-state index contributed by atoms with van der Waals surface area (Å²) >= 11 is 0. The quantitative estimate of drug-likeness (QED) is 0.333. The Morgan fingerprint density at radius 2 is 1.74 bits per heavy atom. The van der Waals surface area contributed by atoms with Gasteiger partial charge in [-0.05, 0) is 82.4 Å². The SMILES string of the molecule is O=C(O)c1ccc2c(c1)CCCC(c1ccccc1C(F)F)=C2c1ccc(C=C2CN(CCCF)C2)cc1. The van der Waals surface area contributed by atoms with E-state index in [2.05, 4.69) is 11.0 Å². The number of halogens is 3. The average Bonchev–Trinajstić information content (AvgIpc) is 3.09. The molecule has 0 atom stereocenters. The van der Waals surface area contributed by atoms with Crippen LogP contribution in [0.5, 0.6) is 0 Å². The molecule has 196 valence electrons. The van der Waals surface area contributed by atoms with Crippen LogP contribution in [0.4, 0.5) is 13.2 Å². The Balaban J connectivity index is 1.57. The summed E-state index contributed by atoms with van der Waals surface area (Å²) in [6, 6.07) is 19.9. The highest BCUT2D eigenvalue weighted by molar-refractivity contribution is 6.01. The van der Waals surface area contributed by atoms with Crippen molar-refractivity contribution in [1.29, 1.82) is 0 Å². The second-order valence-corrected chi connectivity index (χ2v) is 9.95. The summed E-state index contributed by atoms with van der Waals surface area (Å²) in [6.07, 6.45) is 2.12. The molecular weight excluding hydrogens is 487 g/mol. The predicted molar refractivity (Wildman–Crippen MR) is 145 cm³/mol. The Morgan fingerprint density at radius 3 is 2.45 bits per heavy atom. The molecule has 1 fully saturated rings. The van der Waals surface area contributed by atoms with Crippen LogP contribution in [0.25, 0.3) is 17.2 Å². The molecule has 0 bridgehead atoms. The second-order valence-electron chi connectivity index (χ2n) is 9.95. The molecule has 5 rings (SSSR count). The van der Waals surface area contributed by atoms with Crippen LogP contribution in [-0.4, -0.2) is 42.3 Å². The van der Waals surface area contributed by atoms with Crippen LogP contribution < -0.4 is 0 Å². The molecule has 6 heteroatoms. The van der Waals surface area contributed by atoms with Crippen molar-refractivity contribution in [1.82, 2.24) is 4.90 Å². The molecular formula is C32H30F3NO2. The van der Waals surface area contributed by atoms with E-state index in [-0.39, 0.29) is 17.8 Å². The van der Waals surface area contributed by atoms with Gasteiger partial charge in [0.25, 0.3) is 6.43 Å². The molecule has 0 radical (unpaired) electrons. The first-order valence-corrected chi connectivity index (χ1v) is 13.0. The Bertz CT molecular complexity index is 1380. The number of allylic oxidation sites excluding steroid dienone is 1. The minimum atomic E-state index is -2.60. The summed E-state index contributed by atoms with van der Waals surface area (Å²) in [4.78, 5) is 13.8. The van der Waals surface area contributed by atoms with Gasteiger partial charge in [-0.1, -0.05) is 60.7 Å². The van der Waals surface area contributed by atoms with Gasteiger partial charge in [-0.15, -0.1) is 0 Å². The summed E-state index contributed by atoms with van der Waals surface area (Å²) < 4.78 is 40.5. The predicted octanol–water partition coefficient (Wildman–Crippen LogP) is 7.68. The number of nitrogens with zero attached hydrogens (tertiary/aromatic N) is 1. The molecule has 2 aliphatic rings. The van der Waals surface area contributed by atoms with Crippen LogP contribution in [0.3, 0.4) is 0 Å². The van der Waals surface area contributed by atoms with Gasteiger partial charge in [0.1, 0.15) is 0 Å². The van der Waals surface area contributed by atoms with E-state index in [0.717, 1.165) is 59.5 Å². The lowest BCUT2D eigenvalue weighted by atomic mass is 9.85. The van der Waals surface area contributed by atoms with E-state index in [1.807, 2.05) is 30.3 Å². The highest BCUT2D eigenvalue weighted by Crippen LogP contribution is 2.42. The van der Waals surface area contributed by atoms with Crippen LogP contribution >= 0.6 is 0 Å². The third-order valence-electron chi connectivity index (χ3n) is 7.35. The molecule has 1 aliphatic carbocycles. The number of carboxylic acid groups (broad SMARTS) is 1. The molecule has 0 unspecified atom stereocenters. The molecule has 3 aromatic carbocycles. The van der Waals surface area contributed by atoms with E-state index >= 15 is 0 Å². The number of hydrogen-bond acceptors (Lipinski definition) is 2. The maximum atomic E-state index is 14.0. The number of benzene rings is 3. The van der Waals surface area contributed by atoms with Gasteiger partial charge in [-0.2, -0.15) is 0 Å². The van der Waals surface area contributed by atoms with E-state index in [0.29, 0.717) is 24.8 Å². The number of rotatable bonds is 8. The molecule has 1 saturated heterocycles. The normalized spacial score (nSPS) is 15.7. The van der Waals surface area contributed by atoms with Crippen LogP contribution in [0.1, 0.15) is 69.4 Å². The first-order valence-electron chi connectivity index (χ1n) is 13.0. The van der Waals surface area contributed by atoms with Gasteiger partial charge in [0, 0.05) is 25.2 Å². The minimum absolute atomic E-state index is 0.00857. The fraction of sp³-hybridized carbons (Fsp3) is 0.281. The molecule has 0 spiro atoms. The number of carboxylic acids is 1. The van der Waals surface area contributed by atoms with Crippen molar-refractivity contribution < 1.29 is 23.1 Å². The van der Waals surface area contributed by atoms with Gasteiger partial charge in [-0.25, -0.2) is 13.6 Å². The van der Waals surface area contributed by atoms with Crippen molar-refractivity contribution in [2.45, 2.75) is 32.1 Å². The minimum Gasteiger partial charge on any atom is -0.478 e. The highest BCUT2D eigenvalue weighted by Gasteiger charge is 2.24. The summed E-state index contributed by atoms with van der Waals surface area (Å²) in [5.41, 5.74) is 7.58.